The van der Waals surface area contributed by atoms with Gasteiger partial charge in [-0.3, -0.25) is 4.98 Å². The largest absolute Gasteiger partial charge is 0.310 e. The molecule has 0 amide bonds. The Kier molecular flexibility index (Phi) is 5.33. The Labute approximate surface area is 93.1 Å². The summed E-state index contributed by atoms with van der Waals surface area (Å²) in [4.78, 5) is 4.29. The molecule has 1 N–H and O–H groups in total. The molecule has 1 heterocycles. The minimum atomic E-state index is 0.648. The van der Waals surface area contributed by atoms with Crippen LogP contribution >= 0.6 is 0 Å². The van der Waals surface area contributed by atoms with Crippen molar-refractivity contribution in [2.24, 2.45) is 0 Å². The molecular weight excluding hydrogens is 184 g/mol. The van der Waals surface area contributed by atoms with Gasteiger partial charge in [0.15, 0.2) is 0 Å². The fourth-order valence-electron chi connectivity index (χ4n) is 1.76. The van der Waals surface area contributed by atoms with E-state index in [0.29, 0.717) is 6.04 Å². The second-order valence-electron chi connectivity index (χ2n) is 4.02. The van der Waals surface area contributed by atoms with Gasteiger partial charge in [0, 0.05) is 24.5 Å². The van der Waals surface area contributed by atoms with E-state index in [-0.39, 0.29) is 0 Å². The normalized spacial score (nSPS) is 12.7. The maximum atomic E-state index is 4.29. The van der Waals surface area contributed by atoms with E-state index >= 15 is 0 Å². The van der Waals surface area contributed by atoms with Crippen LogP contribution in [-0.2, 0) is 6.54 Å². The summed E-state index contributed by atoms with van der Waals surface area (Å²) in [5.74, 6) is 0. The number of nitrogens with one attached hydrogen (secondary N) is 1. The van der Waals surface area contributed by atoms with E-state index < -0.39 is 0 Å². The van der Waals surface area contributed by atoms with Crippen molar-refractivity contribution in [1.29, 1.82) is 0 Å². The van der Waals surface area contributed by atoms with Crippen molar-refractivity contribution in [2.75, 3.05) is 0 Å². The fraction of sp³-hybridized carbons (Fsp3) is 0.615. The molecule has 0 bridgehead atoms. The molecule has 0 spiro atoms. The number of rotatable bonds is 6. The molecule has 15 heavy (non-hydrogen) atoms. The Bertz CT molecular complexity index is 284. The lowest BCUT2D eigenvalue weighted by Gasteiger charge is -2.16. The van der Waals surface area contributed by atoms with Gasteiger partial charge in [-0.1, -0.05) is 26.3 Å². The van der Waals surface area contributed by atoms with Crippen LogP contribution in [0.1, 0.15) is 44.4 Å². The summed E-state index contributed by atoms with van der Waals surface area (Å²) < 4.78 is 0. The quantitative estimate of drug-likeness (QED) is 0.773. The molecule has 0 aliphatic carbocycles. The highest BCUT2D eigenvalue weighted by molar-refractivity contribution is 5.17. The highest BCUT2D eigenvalue weighted by atomic mass is 14.9. The third kappa shape index (κ3) is 4.00. The molecule has 0 radical (unpaired) electrons. The Balaban J connectivity index is 2.45. The minimum absolute atomic E-state index is 0.648. The summed E-state index contributed by atoms with van der Waals surface area (Å²) >= 11 is 0. The van der Waals surface area contributed by atoms with Gasteiger partial charge in [0.25, 0.3) is 0 Å². The van der Waals surface area contributed by atoms with Crippen LogP contribution in [0.2, 0.25) is 0 Å². The molecule has 1 aromatic rings. The molecule has 1 rings (SSSR count). The number of aromatic nitrogens is 1. The van der Waals surface area contributed by atoms with Gasteiger partial charge in [0.05, 0.1) is 0 Å². The molecule has 0 aromatic carbocycles. The minimum Gasteiger partial charge on any atom is -0.310 e. The van der Waals surface area contributed by atoms with Crippen LogP contribution in [0.5, 0.6) is 0 Å². The lowest BCUT2D eigenvalue weighted by Crippen LogP contribution is -2.28. The lowest BCUT2D eigenvalue weighted by molar-refractivity contribution is 0.461. The zero-order valence-corrected chi connectivity index (χ0v) is 10.1. The first-order chi connectivity index (χ1) is 7.27. The molecule has 0 saturated heterocycles. The Morgan fingerprint density at radius 2 is 2.20 bits per heavy atom. The fourth-order valence-corrected chi connectivity index (χ4v) is 1.76. The van der Waals surface area contributed by atoms with Crippen LogP contribution < -0.4 is 5.32 Å². The summed E-state index contributed by atoms with van der Waals surface area (Å²) in [7, 11) is 0. The van der Waals surface area contributed by atoms with Crippen LogP contribution in [0.25, 0.3) is 0 Å². The van der Waals surface area contributed by atoms with Gasteiger partial charge in [0.1, 0.15) is 0 Å². The van der Waals surface area contributed by atoms with Crippen molar-refractivity contribution in [3.05, 3.63) is 29.6 Å². The highest BCUT2D eigenvalue weighted by Crippen LogP contribution is 2.06. The first-order valence-corrected chi connectivity index (χ1v) is 5.91. The maximum Gasteiger partial charge on any atom is 0.0417 e. The summed E-state index contributed by atoms with van der Waals surface area (Å²) in [5.41, 5.74) is 2.45. The molecule has 0 saturated carbocycles. The van der Waals surface area contributed by atoms with Crippen molar-refractivity contribution in [2.45, 2.75) is 52.6 Å². The van der Waals surface area contributed by atoms with Crippen molar-refractivity contribution in [3.63, 3.8) is 0 Å². The number of hydrogen-bond acceptors (Lipinski definition) is 2. The van der Waals surface area contributed by atoms with Crippen LogP contribution in [-0.4, -0.2) is 11.0 Å². The van der Waals surface area contributed by atoms with E-state index in [4.69, 9.17) is 0 Å². The molecule has 0 aliphatic rings. The van der Waals surface area contributed by atoms with E-state index in [9.17, 15) is 0 Å². The highest BCUT2D eigenvalue weighted by Gasteiger charge is 2.05. The lowest BCUT2D eigenvalue weighted by atomic mass is 10.1. The zero-order valence-electron chi connectivity index (χ0n) is 10.1. The second kappa shape index (κ2) is 6.57. The smallest absolute Gasteiger partial charge is 0.0417 e. The van der Waals surface area contributed by atoms with E-state index in [0.717, 1.165) is 12.2 Å². The Morgan fingerprint density at radius 3 is 2.80 bits per heavy atom. The maximum absolute atomic E-state index is 4.29. The van der Waals surface area contributed by atoms with Gasteiger partial charge in [-0.25, -0.2) is 0 Å². The predicted molar refractivity (Wildman–Crippen MR) is 64.8 cm³/mol. The summed E-state index contributed by atoms with van der Waals surface area (Å²) in [6, 6.07) is 4.80. The zero-order chi connectivity index (χ0) is 11.1. The van der Waals surface area contributed by atoms with E-state index in [1.165, 1.54) is 24.8 Å². The molecule has 1 atom stereocenters. The summed E-state index contributed by atoms with van der Waals surface area (Å²) in [6.07, 6.45) is 5.56. The molecule has 0 fully saturated rings. The van der Waals surface area contributed by atoms with Gasteiger partial charge >= 0.3 is 0 Å². The van der Waals surface area contributed by atoms with Gasteiger partial charge in [-0.05, 0) is 31.4 Å². The topological polar surface area (TPSA) is 24.9 Å². The van der Waals surface area contributed by atoms with E-state index in [1.807, 2.05) is 12.3 Å². The molecule has 2 heteroatoms. The van der Waals surface area contributed by atoms with Crippen LogP contribution in [0.15, 0.2) is 18.3 Å². The van der Waals surface area contributed by atoms with E-state index in [2.05, 4.69) is 37.1 Å². The van der Waals surface area contributed by atoms with E-state index in [1.54, 1.807) is 0 Å². The predicted octanol–water partition coefficient (Wildman–Crippen LogP) is 3.06. The SMILES string of the molecule is CCCC(CC)NCc1cccnc1C. The average Bonchev–Trinajstić information content (AvgIpc) is 2.26. The summed E-state index contributed by atoms with van der Waals surface area (Å²) in [5, 5.41) is 3.59. The van der Waals surface area contributed by atoms with Gasteiger partial charge in [-0.15, -0.1) is 0 Å². The monoisotopic (exact) mass is 206 g/mol. The molecule has 84 valence electrons. The van der Waals surface area contributed by atoms with Crippen molar-refractivity contribution >= 4 is 0 Å². The Morgan fingerprint density at radius 1 is 1.40 bits per heavy atom. The summed E-state index contributed by atoms with van der Waals surface area (Å²) in [6.45, 7) is 7.49. The van der Waals surface area contributed by atoms with Crippen molar-refractivity contribution < 1.29 is 0 Å². The van der Waals surface area contributed by atoms with Crippen LogP contribution in [0.3, 0.4) is 0 Å². The number of nitrogens with zero attached hydrogens (tertiary/aromatic N) is 1. The van der Waals surface area contributed by atoms with Crippen molar-refractivity contribution in [1.82, 2.24) is 10.3 Å². The number of hydrogen-bond donors (Lipinski definition) is 1. The third-order valence-corrected chi connectivity index (χ3v) is 2.83. The molecule has 1 unspecified atom stereocenters. The third-order valence-electron chi connectivity index (χ3n) is 2.83. The first kappa shape index (κ1) is 12.2. The Hall–Kier alpha value is -0.890. The molecule has 1 aromatic heterocycles. The van der Waals surface area contributed by atoms with Crippen LogP contribution in [0.4, 0.5) is 0 Å². The molecule has 2 nitrogen and oxygen atoms in total. The van der Waals surface area contributed by atoms with Crippen LogP contribution in [0, 0.1) is 6.92 Å². The second-order valence-corrected chi connectivity index (χ2v) is 4.02. The van der Waals surface area contributed by atoms with Crippen molar-refractivity contribution in [3.8, 4) is 0 Å². The first-order valence-electron chi connectivity index (χ1n) is 5.91. The van der Waals surface area contributed by atoms with Gasteiger partial charge in [0.2, 0.25) is 0 Å². The average molecular weight is 206 g/mol. The molecule has 0 aliphatic heterocycles. The number of pyridine rings is 1. The molecular formula is C13H22N2. The van der Waals surface area contributed by atoms with Gasteiger partial charge in [-0.2, -0.15) is 0 Å². The standard InChI is InChI=1S/C13H22N2/c1-4-7-13(5-2)15-10-12-8-6-9-14-11(12)3/h6,8-9,13,15H,4-5,7,10H2,1-3H3. The van der Waals surface area contributed by atoms with Gasteiger partial charge < -0.3 is 5.32 Å². The number of aryl methyl sites for hydroxylation is 1.